The predicted molar refractivity (Wildman–Crippen MR) is 72.4 cm³/mol. The summed E-state index contributed by atoms with van der Waals surface area (Å²) in [7, 11) is 0. The summed E-state index contributed by atoms with van der Waals surface area (Å²) in [4.78, 5) is 4.46. The highest BCUT2D eigenvalue weighted by molar-refractivity contribution is 5.36. The lowest BCUT2D eigenvalue weighted by Crippen LogP contribution is -2.31. The Morgan fingerprint density at radius 3 is 2.71 bits per heavy atom. The van der Waals surface area contributed by atoms with Crippen LogP contribution in [0.1, 0.15) is 38.2 Å². The SMILES string of the molecule is CC(C)c1ccc(NCC2CCNCC2)nc1. The molecule has 0 saturated carbocycles. The fraction of sp³-hybridized carbons (Fsp3) is 0.643. The average Bonchev–Trinajstić information content (AvgIpc) is 2.38. The van der Waals surface area contributed by atoms with Crippen LogP contribution in [0.4, 0.5) is 5.82 Å². The minimum Gasteiger partial charge on any atom is -0.370 e. The van der Waals surface area contributed by atoms with E-state index in [4.69, 9.17) is 0 Å². The molecule has 1 aromatic heterocycles. The molecule has 0 spiro atoms. The lowest BCUT2D eigenvalue weighted by molar-refractivity contribution is 0.389. The molecule has 0 radical (unpaired) electrons. The maximum Gasteiger partial charge on any atom is 0.125 e. The van der Waals surface area contributed by atoms with Gasteiger partial charge in [0.2, 0.25) is 0 Å². The molecule has 1 aliphatic heterocycles. The molecule has 94 valence electrons. The van der Waals surface area contributed by atoms with Crippen molar-refractivity contribution in [1.29, 1.82) is 0 Å². The summed E-state index contributed by atoms with van der Waals surface area (Å²) in [6.45, 7) is 7.76. The minimum atomic E-state index is 0.556. The number of nitrogens with one attached hydrogen (secondary N) is 2. The van der Waals surface area contributed by atoms with Crippen molar-refractivity contribution in [2.45, 2.75) is 32.6 Å². The van der Waals surface area contributed by atoms with Crippen LogP contribution in [0.3, 0.4) is 0 Å². The van der Waals surface area contributed by atoms with Gasteiger partial charge < -0.3 is 10.6 Å². The van der Waals surface area contributed by atoms with E-state index in [-0.39, 0.29) is 0 Å². The van der Waals surface area contributed by atoms with Crippen LogP contribution in [0.2, 0.25) is 0 Å². The van der Waals surface area contributed by atoms with Gasteiger partial charge in [0.15, 0.2) is 0 Å². The fourth-order valence-electron chi connectivity index (χ4n) is 2.19. The lowest BCUT2D eigenvalue weighted by atomic mass is 9.98. The van der Waals surface area contributed by atoms with Gasteiger partial charge in [0.05, 0.1) is 0 Å². The molecule has 0 aliphatic carbocycles. The molecule has 0 unspecified atom stereocenters. The molecule has 1 saturated heterocycles. The van der Waals surface area contributed by atoms with Gasteiger partial charge in [-0.1, -0.05) is 19.9 Å². The summed E-state index contributed by atoms with van der Waals surface area (Å²) in [5, 5.41) is 6.83. The third-order valence-electron chi connectivity index (χ3n) is 3.48. The van der Waals surface area contributed by atoms with Crippen molar-refractivity contribution < 1.29 is 0 Å². The van der Waals surface area contributed by atoms with Gasteiger partial charge in [0.1, 0.15) is 5.82 Å². The second-order valence-electron chi connectivity index (χ2n) is 5.21. The third-order valence-corrected chi connectivity index (χ3v) is 3.48. The molecular weight excluding hydrogens is 210 g/mol. The molecule has 2 heterocycles. The summed E-state index contributed by atoms with van der Waals surface area (Å²) in [6, 6.07) is 4.26. The Balaban J connectivity index is 1.82. The van der Waals surface area contributed by atoms with Crippen molar-refractivity contribution in [2.75, 3.05) is 25.0 Å². The van der Waals surface area contributed by atoms with E-state index in [0.29, 0.717) is 5.92 Å². The topological polar surface area (TPSA) is 37.0 Å². The second-order valence-corrected chi connectivity index (χ2v) is 5.21. The van der Waals surface area contributed by atoms with Gasteiger partial charge in [-0.05, 0) is 49.4 Å². The van der Waals surface area contributed by atoms with Crippen LogP contribution in [0.5, 0.6) is 0 Å². The third kappa shape index (κ3) is 3.70. The number of hydrogen-bond acceptors (Lipinski definition) is 3. The quantitative estimate of drug-likeness (QED) is 0.839. The maximum atomic E-state index is 4.46. The van der Waals surface area contributed by atoms with Gasteiger partial charge in [-0.15, -0.1) is 0 Å². The van der Waals surface area contributed by atoms with E-state index < -0.39 is 0 Å². The summed E-state index contributed by atoms with van der Waals surface area (Å²) < 4.78 is 0. The zero-order valence-corrected chi connectivity index (χ0v) is 10.9. The number of rotatable bonds is 4. The maximum absolute atomic E-state index is 4.46. The Morgan fingerprint density at radius 1 is 1.35 bits per heavy atom. The second kappa shape index (κ2) is 6.01. The molecule has 0 aromatic carbocycles. The van der Waals surface area contributed by atoms with Crippen molar-refractivity contribution in [3.63, 3.8) is 0 Å². The molecule has 0 atom stereocenters. The molecule has 3 nitrogen and oxygen atoms in total. The Hall–Kier alpha value is -1.09. The van der Waals surface area contributed by atoms with Crippen LogP contribution in [0, 0.1) is 5.92 Å². The Labute approximate surface area is 104 Å². The van der Waals surface area contributed by atoms with E-state index in [1.807, 2.05) is 6.20 Å². The van der Waals surface area contributed by atoms with Gasteiger partial charge in [-0.25, -0.2) is 4.98 Å². The highest BCUT2D eigenvalue weighted by Gasteiger charge is 2.12. The number of nitrogens with zero attached hydrogens (tertiary/aromatic N) is 1. The lowest BCUT2D eigenvalue weighted by Gasteiger charge is -2.23. The van der Waals surface area contributed by atoms with Gasteiger partial charge in [0, 0.05) is 12.7 Å². The van der Waals surface area contributed by atoms with E-state index in [2.05, 4.69) is 41.6 Å². The zero-order valence-electron chi connectivity index (χ0n) is 10.9. The van der Waals surface area contributed by atoms with E-state index in [0.717, 1.165) is 31.4 Å². The minimum absolute atomic E-state index is 0.556. The first-order valence-electron chi connectivity index (χ1n) is 6.66. The number of anilines is 1. The van der Waals surface area contributed by atoms with Crippen LogP contribution < -0.4 is 10.6 Å². The van der Waals surface area contributed by atoms with E-state index >= 15 is 0 Å². The molecule has 2 N–H and O–H groups in total. The van der Waals surface area contributed by atoms with Crippen molar-refractivity contribution in [3.05, 3.63) is 23.9 Å². The molecule has 2 rings (SSSR count). The van der Waals surface area contributed by atoms with E-state index in [1.54, 1.807) is 0 Å². The van der Waals surface area contributed by atoms with Crippen molar-refractivity contribution in [3.8, 4) is 0 Å². The first-order chi connectivity index (χ1) is 8.25. The molecular formula is C14H23N3. The van der Waals surface area contributed by atoms with Crippen molar-refractivity contribution >= 4 is 5.82 Å². The number of aromatic nitrogens is 1. The number of pyridine rings is 1. The molecule has 17 heavy (non-hydrogen) atoms. The Morgan fingerprint density at radius 2 is 2.12 bits per heavy atom. The van der Waals surface area contributed by atoms with Gasteiger partial charge in [0.25, 0.3) is 0 Å². The highest BCUT2D eigenvalue weighted by atomic mass is 15.0. The molecule has 1 aliphatic rings. The average molecular weight is 233 g/mol. The smallest absolute Gasteiger partial charge is 0.125 e. The molecule has 1 fully saturated rings. The first-order valence-corrected chi connectivity index (χ1v) is 6.66. The summed E-state index contributed by atoms with van der Waals surface area (Å²) in [6.07, 6.45) is 4.53. The van der Waals surface area contributed by atoms with Crippen LogP contribution in [0.25, 0.3) is 0 Å². The van der Waals surface area contributed by atoms with Crippen molar-refractivity contribution in [2.24, 2.45) is 5.92 Å². The highest BCUT2D eigenvalue weighted by Crippen LogP contribution is 2.16. The van der Waals surface area contributed by atoms with Crippen LogP contribution in [-0.4, -0.2) is 24.6 Å². The summed E-state index contributed by atoms with van der Waals surface area (Å²) in [5.74, 6) is 2.36. The number of piperidine rings is 1. The fourth-order valence-corrected chi connectivity index (χ4v) is 2.19. The first kappa shape index (κ1) is 12.4. The van der Waals surface area contributed by atoms with Gasteiger partial charge in [-0.2, -0.15) is 0 Å². The molecule has 0 amide bonds. The van der Waals surface area contributed by atoms with Gasteiger partial charge >= 0.3 is 0 Å². The van der Waals surface area contributed by atoms with Gasteiger partial charge in [-0.3, -0.25) is 0 Å². The monoisotopic (exact) mass is 233 g/mol. The van der Waals surface area contributed by atoms with E-state index in [9.17, 15) is 0 Å². The molecule has 3 heteroatoms. The van der Waals surface area contributed by atoms with Crippen LogP contribution in [0.15, 0.2) is 18.3 Å². The zero-order chi connectivity index (χ0) is 12.1. The standard InChI is InChI=1S/C14H23N3/c1-11(2)13-3-4-14(17-10-13)16-9-12-5-7-15-8-6-12/h3-4,10-12,15H,5-9H2,1-2H3,(H,16,17). The number of hydrogen-bond donors (Lipinski definition) is 2. The van der Waals surface area contributed by atoms with Crippen molar-refractivity contribution in [1.82, 2.24) is 10.3 Å². The predicted octanol–water partition coefficient (Wildman–Crippen LogP) is 2.62. The van der Waals surface area contributed by atoms with Crippen LogP contribution in [-0.2, 0) is 0 Å². The van der Waals surface area contributed by atoms with Crippen LogP contribution >= 0.6 is 0 Å². The Kier molecular flexibility index (Phi) is 4.37. The van der Waals surface area contributed by atoms with E-state index in [1.165, 1.54) is 18.4 Å². The molecule has 1 aromatic rings. The Bertz CT molecular complexity index is 326. The summed E-state index contributed by atoms with van der Waals surface area (Å²) in [5.41, 5.74) is 1.30. The summed E-state index contributed by atoms with van der Waals surface area (Å²) >= 11 is 0. The molecule has 0 bridgehead atoms. The normalized spacial score (nSPS) is 17.4. The largest absolute Gasteiger partial charge is 0.370 e.